The van der Waals surface area contributed by atoms with Gasteiger partial charge in [-0.1, -0.05) is 6.07 Å². The maximum Gasteiger partial charge on any atom is 0.269 e. The lowest BCUT2D eigenvalue weighted by Crippen LogP contribution is -2.34. The molecule has 0 aromatic heterocycles. The van der Waals surface area contributed by atoms with Crippen molar-refractivity contribution in [2.24, 2.45) is 0 Å². The zero-order chi connectivity index (χ0) is 9.84. The van der Waals surface area contributed by atoms with Crippen LogP contribution in [0.3, 0.4) is 0 Å². The number of hydrogen-bond donors (Lipinski definition) is 3. The number of halogens is 1. The molecule has 70 valence electrons. The first-order valence-corrected chi connectivity index (χ1v) is 3.61. The van der Waals surface area contributed by atoms with Crippen LogP contribution in [0.15, 0.2) is 18.2 Å². The molecule has 0 spiro atoms. The number of phenols is 1. The van der Waals surface area contributed by atoms with E-state index in [0.717, 1.165) is 6.07 Å². The van der Waals surface area contributed by atoms with Crippen LogP contribution in [0.25, 0.3) is 0 Å². The summed E-state index contributed by atoms with van der Waals surface area (Å²) in [4.78, 5) is 11.1. The third-order valence-electron chi connectivity index (χ3n) is 1.47. The number of phenolic OH excluding ortho intramolecular Hbond substituents is 1. The molecule has 5 heteroatoms. The molecule has 0 heterocycles. The highest BCUT2D eigenvalue weighted by Crippen LogP contribution is 2.19. The van der Waals surface area contributed by atoms with E-state index in [4.69, 9.17) is 5.11 Å². The summed E-state index contributed by atoms with van der Waals surface area (Å²) in [5.41, 5.74) is 4.49. The Morgan fingerprint density at radius 3 is 2.85 bits per heavy atom. The molecular weight excluding hydrogens is 175 g/mol. The van der Waals surface area contributed by atoms with E-state index in [1.54, 1.807) is 0 Å². The molecule has 0 fully saturated rings. The van der Waals surface area contributed by atoms with Crippen LogP contribution in [-0.2, 0) is 0 Å². The van der Waals surface area contributed by atoms with E-state index < -0.39 is 17.5 Å². The Bertz CT molecular complexity index is 328. The minimum atomic E-state index is -0.816. The van der Waals surface area contributed by atoms with Crippen molar-refractivity contribution in [3.8, 4) is 5.75 Å². The zero-order valence-corrected chi connectivity index (χ0v) is 6.97. The van der Waals surface area contributed by atoms with E-state index in [1.807, 2.05) is 0 Å². The van der Waals surface area contributed by atoms with E-state index in [1.165, 1.54) is 19.2 Å². The van der Waals surface area contributed by atoms with Gasteiger partial charge in [-0.3, -0.25) is 10.2 Å². The molecule has 0 unspecified atom stereocenters. The first-order valence-electron chi connectivity index (χ1n) is 3.61. The standard InChI is InChI=1S/C8H9FN2O2/c1-10-11-8(13)5-3-2-4-6(9)7(5)12/h2-4,10,12H,1H3,(H,11,13). The van der Waals surface area contributed by atoms with Crippen molar-refractivity contribution in [2.45, 2.75) is 0 Å². The molecular formula is C8H9FN2O2. The minimum absolute atomic E-state index is 0.102. The van der Waals surface area contributed by atoms with Gasteiger partial charge >= 0.3 is 0 Å². The van der Waals surface area contributed by atoms with Gasteiger partial charge in [0.25, 0.3) is 5.91 Å². The lowest BCUT2D eigenvalue weighted by atomic mass is 10.2. The number of amides is 1. The Kier molecular flexibility index (Phi) is 2.81. The topological polar surface area (TPSA) is 61.4 Å². The summed E-state index contributed by atoms with van der Waals surface area (Å²) < 4.78 is 12.7. The van der Waals surface area contributed by atoms with Crippen LogP contribution < -0.4 is 10.9 Å². The molecule has 0 aliphatic heterocycles. The summed E-state index contributed by atoms with van der Waals surface area (Å²) >= 11 is 0. The van der Waals surface area contributed by atoms with Crippen LogP contribution >= 0.6 is 0 Å². The summed E-state index contributed by atoms with van der Waals surface area (Å²) in [7, 11) is 1.49. The third kappa shape index (κ3) is 1.94. The first kappa shape index (κ1) is 9.47. The quantitative estimate of drug-likeness (QED) is 0.583. The fourth-order valence-corrected chi connectivity index (χ4v) is 0.879. The van der Waals surface area contributed by atoms with Crippen LogP contribution in [0.1, 0.15) is 10.4 Å². The van der Waals surface area contributed by atoms with Crippen LogP contribution in [-0.4, -0.2) is 18.1 Å². The van der Waals surface area contributed by atoms with Crippen LogP contribution in [0, 0.1) is 5.82 Å². The van der Waals surface area contributed by atoms with Gasteiger partial charge in [-0.2, -0.15) is 0 Å². The second-order valence-electron chi connectivity index (χ2n) is 2.34. The Morgan fingerprint density at radius 2 is 2.23 bits per heavy atom. The van der Waals surface area contributed by atoms with Crippen molar-refractivity contribution >= 4 is 5.91 Å². The molecule has 0 radical (unpaired) electrons. The Balaban J connectivity index is 3.01. The van der Waals surface area contributed by atoms with Crippen LogP contribution in [0.5, 0.6) is 5.75 Å². The molecule has 4 nitrogen and oxygen atoms in total. The number of aromatic hydroxyl groups is 1. The van der Waals surface area contributed by atoms with Gasteiger partial charge in [0, 0.05) is 7.05 Å². The Labute approximate surface area is 74.4 Å². The lowest BCUT2D eigenvalue weighted by molar-refractivity contribution is 0.0934. The first-order chi connectivity index (χ1) is 6.16. The van der Waals surface area contributed by atoms with E-state index in [0.29, 0.717) is 0 Å². The maximum atomic E-state index is 12.7. The fourth-order valence-electron chi connectivity index (χ4n) is 0.879. The number of hydrazine groups is 1. The van der Waals surface area contributed by atoms with Gasteiger partial charge < -0.3 is 5.11 Å². The van der Waals surface area contributed by atoms with Crippen LogP contribution in [0.4, 0.5) is 4.39 Å². The SMILES string of the molecule is CNNC(=O)c1cccc(F)c1O. The molecule has 0 aliphatic rings. The number of carbonyl (C=O) groups excluding carboxylic acids is 1. The van der Waals surface area contributed by atoms with Gasteiger partial charge in [-0.15, -0.1) is 0 Å². The summed E-state index contributed by atoms with van der Waals surface area (Å²) in [6.07, 6.45) is 0. The van der Waals surface area contributed by atoms with Crippen molar-refractivity contribution in [3.63, 3.8) is 0 Å². The van der Waals surface area contributed by atoms with Gasteiger partial charge in [0.15, 0.2) is 11.6 Å². The number of hydrogen-bond acceptors (Lipinski definition) is 3. The summed E-state index contributed by atoms with van der Waals surface area (Å²) in [6, 6.07) is 3.75. The number of rotatable bonds is 2. The number of nitrogens with one attached hydrogen (secondary N) is 2. The molecule has 1 rings (SSSR count). The van der Waals surface area contributed by atoms with Gasteiger partial charge in [-0.05, 0) is 12.1 Å². The van der Waals surface area contributed by atoms with E-state index >= 15 is 0 Å². The van der Waals surface area contributed by atoms with E-state index in [9.17, 15) is 9.18 Å². The second-order valence-corrected chi connectivity index (χ2v) is 2.34. The zero-order valence-electron chi connectivity index (χ0n) is 6.97. The molecule has 0 saturated heterocycles. The number of carbonyl (C=O) groups is 1. The molecule has 3 N–H and O–H groups in total. The van der Waals surface area contributed by atoms with Gasteiger partial charge in [-0.25, -0.2) is 9.82 Å². The number of para-hydroxylation sites is 1. The van der Waals surface area contributed by atoms with Crippen molar-refractivity contribution in [1.29, 1.82) is 0 Å². The van der Waals surface area contributed by atoms with Crippen LogP contribution in [0.2, 0.25) is 0 Å². The molecule has 0 bridgehead atoms. The van der Waals surface area contributed by atoms with Crippen molar-refractivity contribution in [2.75, 3.05) is 7.05 Å². The van der Waals surface area contributed by atoms with Crippen molar-refractivity contribution in [3.05, 3.63) is 29.6 Å². The van der Waals surface area contributed by atoms with Gasteiger partial charge in [0.05, 0.1) is 5.56 Å². The number of benzene rings is 1. The molecule has 1 aromatic carbocycles. The maximum absolute atomic E-state index is 12.7. The summed E-state index contributed by atoms with van der Waals surface area (Å²) in [5.74, 6) is -2.04. The fraction of sp³-hybridized carbons (Fsp3) is 0.125. The Hall–Kier alpha value is -1.62. The Morgan fingerprint density at radius 1 is 1.54 bits per heavy atom. The highest BCUT2D eigenvalue weighted by atomic mass is 19.1. The third-order valence-corrected chi connectivity index (χ3v) is 1.47. The highest BCUT2D eigenvalue weighted by molar-refractivity contribution is 5.96. The predicted octanol–water partition coefficient (Wildman–Crippen LogP) is 0.395. The minimum Gasteiger partial charge on any atom is -0.504 e. The largest absolute Gasteiger partial charge is 0.504 e. The van der Waals surface area contributed by atoms with Crippen molar-refractivity contribution in [1.82, 2.24) is 10.9 Å². The second kappa shape index (κ2) is 3.86. The summed E-state index contributed by atoms with van der Waals surface area (Å²) in [6.45, 7) is 0. The average molecular weight is 184 g/mol. The molecule has 13 heavy (non-hydrogen) atoms. The molecule has 0 aliphatic carbocycles. The highest BCUT2D eigenvalue weighted by Gasteiger charge is 2.12. The average Bonchev–Trinajstić information content (AvgIpc) is 2.10. The smallest absolute Gasteiger partial charge is 0.269 e. The molecule has 1 amide bonds. The predicted molar refractivity (Wildman–Crippen MR) is 44.6 cm³/mol. The van der Waals surface area contributed by atoms with Gasteiger partial charge in [0.2, 0.25) is 0 Å². The normalized spacial score (nSPS) is 9.69. The van der Waals surface area contributed by atoms with E-state index in [2.05, 4.69) is 10.9 Å². The van der Waals surface area contributed by atoms with Gasteiger partial charge in [0.1, 0.15) is 0 Å². The van der Waals surface area contributed by atoms with E-state index in [-0.39, 0.29) is 5.56 Å². The lowest BCUT2D eigenvalue weighted by Gasteiger charge is -2.04. The van der Waals surface area contributed by atoms with Crippen molar-refractivity contribution < 1.29 is 14.3 Å². The molecule has 0 atom stereocenters. The monoisotopic (exact) mass is 184 g/mol. The summed E-state index contributed by atoms with van der Waals surface area (Å²) in [5, 5.41) is 9.13. The molecule has 1 aromatic rings. The molecule has 0 saturated carbocycles.